The van der Waals surface area contributed by atoms with Crippen molar-refractivity contribution in [3.8, 4) is 0 Å². The summed E-state index contributed by atoms with van der Waals surface area (Å²) in [6.45, 7) is 33.5. The Morgan fingerprint density at radius 2 is 1.00 bits per heavy atom. The monoisotopic (exact) mass is 539 g/mol. The first-order valence-electron chi connectivity index (χ1n) is 11.8. The Balaban J connectivity index is 6.08. The average molecular weight is 540 g/mol. The molecule has 0 rings (SSSR count). The van der Waals surface area contributed by atoms with Crippen molar-refractivity contribution in [1.82, 2.24) is 0 Å². The van der Waals surface area contributed by atoms with Gasteiger partial charge in [-0.2, -0.15) is 0 Å². The minimum Gasteiger partial charge on any atom is -0.456 e. The number of oxime groups is 1. The van der Waals surface area contributed by atoms with Crippen molar-refractivity contribution in [3.05, 3.63) is 0 Å². The Hall–Kier alpha value is 0.394. The minimum atomic E-state index is -1.89. The van der Waals surface area contributed by atoms with Gasteiger partial charge in [-0.1, -0.05) is 0 Å². The molecule has 0 aliphatic rings. The van der Waals surface area contributed by atoms with E-state index in [4.69, 9.17) is 22.2 Å². The van der Waals surface area contributed by atoms with Gasteiger partial charge < -0.3 is 22.2 Å². The highest BCUT2D eigenvalue weighted by molar-refractivity contribution is 6.71. The third kappa shape index (κ3) is 18.8. The molecule has 0 heterocycles. The molecule has 0 saturated carbocycles. The van der Waals surface area contributed by atoms with Crippen molar-refractivity contribution in [2.24, 2.45) is 5.16 Å². The lowest BCUT2D eigenvalue weighted by molar-refractivity contribution is -0.0468. The maximum absolute atomic E-state index is 6.79. The smallest absolute Gasteiger partial charge is 0.278 e. The van der Waals surface area contributed by atoms with E-state index in [0.717, 1.165) is 0 Å². The largest absolute Gasteiger partial charge is 0.456 e. The first-order chi connectivity index (χ1) is 14.0. The standard InChI is InChI=1S/C21H53NO5Si5/c1-28(2,3)23-18-20(25-30(7,8)9)21(26-31(10,11)12)19(24-29(4,5)6)16-17-22-27-32(13,14)15/h17,19-21H,16,18H2,1-15H3/t19-,20-,21+/m0/s1. The first-order valence-corrected chi connectivity index (χ1v) is 28.9. The summed E-state index contributed by atoms with van der Waals surface area (Å²) in [5.41, 5.74) is 0. The van der Waals surface area contributed by atoms with E-state index < -0.39 is 41.6 Å². The van der Waals surface area contributed by atoms with Crippen LogP contribution >= 0.6 is 0 Å². The highest BCUT2D eigenvalue weighted by Gasteiger charge is 2.40. The molecule has 0 aliphatic carbocycles. The molecule has 6 nitrogen and oxygen atoms in total. The summed E-state index contributed by atoms with van der Waals surface area (Å²) in [5.74, 6) is 0. The van der Waals surface area contributed by atoms with E-state index >= 15 is 0 Å². The molecule has 0 spiro atoms. The van der Waals surface area contributed by atoms with Gasteiger partial charge in [-0.05, 0) is 98.2 Å². The summed E-state index contributed by atoms with van der Waals surface area (Å²) in [6, 6.07) is 0. The van der Waals surface area contributed by atoms with Gasteiger partial charge in [0.25, 0.3) is 8.32 Å². The van der Waals surface area contributed by atoms with E-state index in [2.05, 4.69) is 103 Å². The third-order valence-electron chi connectivity index (χ3n) is 3.65. The lowest BCUT2D eigenvalue weighted by Crippen LogP contribution is -2.55. The second-order valence-electron chi connectivity index (χ2n) is 13.4. The fourth-order valence-electron chi connectivity index (χ4n) is 2.83. The quantitative estimate of drug-likeness (QED) is 0.131. The maximum Gasteiger partial charge on any atom is 0.278 e. The van der Waals surface area contributed by atoms with Gasteiger partial charge >= 0.3 is 0 Å². The van der Waals surface area contributed by atoms with Crippen LogP contribution in [0.5, 0.6) is 0 Å². The van der Waals surface area contributed by atoms with Gasteiger partial charge in [0.05, 0.1) is 24.9 Å². The van der Waals surface area contributed by atoms with Crippen LogP contribution in [0.2, 0.25) is 98.2 Å². The van der Waals surface area contributed by atoms with Gasteiger partial charge in [0.15, 0.2) is 33.3 Å². The van der Waals surface area contributed by atoms with Crippen LogP contribution in [0.3, 0.4) is 0 Å². The predicted molar refractivity (Wildman–Crippen MR) is 151 cm³/mol. The SMILES string of the molecule is C[Si](C)(C)OC[C@H](O[Si](C)(C)C)[C@H](O[Si](C)(C)C)[C@H](CC=NO[Si](C)(C)C)O[Si](C)(C)C. The molecule has 0 unspecified atom stereocenters. The Bertz CT molecular complexity index is 572. The molecule has 11 heteroatoms. The van der Waals surface area contributed by atoms with E-state index in [1.807, 2.05) is 6.21 Å². The molecule has 0 aromatic heterocycles. The Labute approximate surface area is 204 Å². The van der Waals surface area contributed by atoms with Crippen LogP contribution in [0.4, 0.5) is 0 Å². The summed E-state index contributed by atoms with van der Waals surface area (Å²) in [7, 11) is -9.03. The average Bonchev–Trinajstić information content (AvgIpc) is 2.47. The Morgan fingerprint density at radius 1 is 0.562 bits per heavy atom. The molecule has 0 aromatic rings. The van der Waals surface area contributed by atoms with Gasteiger partial charge in [-0.25, -0.2) is 0 Å². The van der Waals surface area contributed by atoms with Gasteiger partial charge in [-0.3, -0.25) is 0 Å². The molecule has 0 saturated heterocycles. The zero-order chi connectivity index (χ0) is 25.6. The van der Waals surface area contributed by atoms with E-state index in [1.54, 1.807) is 0 Å². The number of rotatable bonds is 15. The van der Waals surface area contributed by atoms with Gasteiger partial charge in [0.1, 0.15) is 0 Å². The second-order valence-corrected chi connectivity index (χ2v) is 35.7. The fourth-order valence-corrected chi connectivity index (χ4v) is 7.25. The summed E-state index contributed by atoms with van der Waals surface area (Å²) in [5, 5.41) is 4.28. The normalized spacial score (nSPS) is 17.5. The van der Waals surface area contributed by atoms with E-state index in [9.17, 15) is 0 Å². The van der Waals surface area contributed by atoms with Gasteiger partial charge in [-0.15, -0.1) is 5.16 Å². The Morgan fingerprint density at radius 3 is 1.38 bits per heavy atom. The lowest BCUT2D eigenvalue weighted by atomic mass is 10.1. The van der Waals surface area contributed by atoms with Gasteiger partial charge in [0, 0.05) is 12.6 Å². The van der Waals surface area contributed by atoms with Crippen LogP contribution in [0.1, 0.15) is 6.42 Å². The number of hydrogen-bond acceptors (Lipinski definition) is 6. The van der Waals surface area contributed by atoms with Crippen LogP contribution in [0, 0.1) is 0 Å². The minimum absolute atomic E-state index is 0.158. The summed E-state index contributed by atoms with van der Waals surface area (Å²) >= 11 is 0. The van der Waals surface area contributed by atoms with Crippen molar-refractivity contribution in [2.75, 3.05) is 6.61 Å². The van der Waals surface area contributed by atoms with Crippen LogP contribution in [0.15, 0.2) is 5.16 Å². The summed E-state index contributed by atoms with van der Waals surface area (Å²) in [4.78, 5) is 0. The molecule has 32 heavy (non-hydrogen) atoms. The first kappa shape index (κ1) is 32.4. The Kier molecular flexibility index (Phi) is 12.5. The predicted octanol–water partition coefficient (Wildman–Crippen LogP) is 6.73. The highest BCUT2D eigenvalue weighted by Crippen LogP contribution is 2.26. The van der Waals surface area contributed by atoms with Crippen LogP contribution < -0.4 is 0 Å². The molecule has 0 fully saturated rings. The maximum atomic E-state index is 6.79. The topological polar surface area (TPSA) is 58.5 Å². The molecule has 0 amide bonds. The van der Waals surface area contributed by atoms with Crippen molar-refractivity contribution in [3.63, 3.8) is 0 Å². The molecule has 0 aliphatic heterocycles. The van der Waals surface area contributed by atoms with Crippen molar-refractivity contribution < 1.29 is 22.2 Å². The lowest BCUT2D eigenvalue weighted by Gasteiger charge is -2.42. The molecule has 0 bridgehead atoms. The molecule has 3 atom stereocenters. The molecule has 0 aromatic carbocycles. The zero-order valence-electron chi connectivity index (χ0n) is 23.7. The summed E-state index contributed by atoms with van der Waals surface area (Å²) < 4.78 is 32.3. The molecule has 192 valence electrons. The van der Waals surface area contributed by atoms with Crippen molar-refractivity contribution in [2.45, 2.75) is 123 Å². The molecule has 0 radical (unpaired) electrons. The molecule has 0 N–H and O–H groups in total. The molecular formula is C21H53NO5Si5. The zero-order valence-corrected chi connectivity index (χ0v) is 28.7. The van der Waals surface area contributed by atoms with Gasteiger partial charge in [0.2, 0.25) is 0 Å². The van der Waals surface area contributed by atoms with Crippen LogP contribution in [0.25, 0.3) is 0 Å². The van der Waals surface area contributed by atoms with Crippen molar-refractivity contribution in [1.29, 1.82) is 0 Å². The van der Waals surface area contributed by atoms with E-state index in [1.165, 1.54) is 0 Å². The highest BCUT2D eigenvalue weighted by atomic mass is 28.4. The second kappa shape index (κ2) is 12.4. The van der Waals surface area contributed by atoms with Crippen LogP contribution in [-0.4, -0.2) is 72.7 Å². The summed E-state index contributed by atoms with van der Waals surface area (Å²) in [6.07, 6.45) is 1.94. The fraction of sp³-hybridized carbons (Fsp3) is 0.952. The molecular weight excluding hydrogens is 487 g/mol. The van der Waals surface area contributed by atoms with Crippen molar-refractivity contribution >= 4 is 47.8 Å². The van der Waals surface area contributed by atoms with E-state index in [-0.39, 0.29) is 18.3 Å². The number of nitrogens with zero attached hydrogens (tertiary/aromatic N) is 1. The third-order valence-corrected chi connectivity index (χ3v) is 8.34. The van der Waals surface area contributed by atoms with E-state index in [0.29, 0.717) is 13.0 Å². The number of hydrogen-bond donors (Lipinski definition) is 0. The van der Waals surface area contributed by atoms with Crippen LogP contribution in [-0.2, 0) is 22.2 Å².